The molecule has 2 atom stereocenters. The second kappa shape index (κ2) is 7.76. The Morgan fingerprint density at radius 1 is 1.55 bits per heavy atom. The van der Waals surface area contributed by atoms with Crippen molar-refractivity contribution < 1.29 is 4.74 Å². The van der Waals surface area contributed by atoms with E-state index >= 15 is 0 Å². The van der Waals surface area contributed by atoms with Crippen molar-refractivity contribution in [1.29, 1.82) is 0 Å². The molecule has 0 aromatic carbocycles. The largest absolute Gasteiger partial charge is 0.378 e. The van der Waals surface area contributed by atoms with E-state index in [0.717, 1.165) is 44.5 Å². The molecule has 3 N–H and O–H groups in total. The van der Waals surface area contributed by atoms with E-state index < -0.39 is 0 Å². The molecule has 5 heteroatoms. The molecule has 0 bridgehead atoms. The van der Waals surface area contributed by atoms with Crippen LogP contribution in [-0.4, -0.2) is 28.5 Å². The van der Waals surface area contributed by atoms with Crippen LogP contribution in [0.25, 0.3) is 0 Å². The lowest BCUT2D eigenvalue weighted by Crippen LogP contribution is -2.37. The van der Waals surface area contributed by atoms with Gasteiger partial charge in [0.2, 0.25) is 0 Å². The summed E-state index contributed by atoms with van der Waals surface area (Å²) in [4.78, 5) is 0. The van der Waals surface area contributed by atoms with Crippen LogP contribution in [0, 0.1) is 0 Å². The molecule has 1 aliphatic rings. The second-order valence-corrected chi connectivity index (χ2v) is 5.58. The highest BCUT2D eigenvalue weighted by Crippen LogP contribution is 2.19. The fraction of sp³-hybridized carbons (Fsp3) is 0.800. The summed E-state index contributed by atoms with van der Waals surface area (Å²) in [5.74, 6) is 5.72. The number of hydrazine groups is 1. The lowest BCUT2D eigenvalue weighted by atomic mass is 10.0. The van der Waals surface area contributed by atoms with Gasteiger partial charge in [0.25, 0.3) is 0 Å². The maximum Gasteiger partial charge on any atom is 0.0624 e. The average Bonchev–Trinajstić information content (AvgIpc) is 3.12. The number of ether oxygens (including phenoxy) is 1. The standard InChI is InChI=1S/C15H28N4O/c1-3-12-10-14(19(4-2)18-12)11-13(17-16)7-8-15-6-5-9-20-15/h10,13,15,17H,3-9,11,16H2,1-2H3. The van der Waals surface area contributed by atoms with Gasteiger partial charge in [-0.3, -0.25) is 16.0 Å². The molecule has 20 heavy (non-hydrogen) atoms. The molecule has 0 aliphatic carbocycles. The van der Waals surface area contributed by atoms with Crippen LogP contribution in [0.2, 0.25) is 0 Å². The Morgan fingerprint density at radius 2 is 2.40 bits per heavy atom. The van der Waals surface area contributed by atoms with Gasteiger partial charge < -0.3 is 4.74 Å². The van der Waals surface area contributed by atoms with Gasteiger partial charge in [-0.25, -0.2) is 0 Å². The van der Waals surface area contributed by atoms with E-state index in [1.807, 2.05) is 0 Å². The van der Waals surface area contributed by atoms with Crippen molar-refractivity contribution in [2.45, 2.75) is 71.1 Å². The maximum absolute atomic E-state index is 5.72. The van der Waals surface area contributed by atoms with E-state index in [1.54, 1.807) is 0 Å². The van der Waals surface area contributed by atoms with Crippen molar-refractivity contribution in [3.63, 3.8) is 0 Å². The smallest absolute Gasteiger partial charge is 0.0624 e. The fourth-order valence-electron chi connectivity index (χ4n) is 2.88. The first-order valence-electron chi connectivity index (χ1n) is 7.90. The molecule has 1 saturated heterocycles. The van der Waals surface area contributed by atoms with Crippen LogP contribution in [0.5, 0.6) is 0 Å². The van der Waals surface area contributed by atoms with Crippen LogP contribution >= 0.6 is 0 Å². The third kappa shape index (κ3) is 4.04. The summed E-state index contributed by atoms with van der Waals surface area (Å²) in [5, 5.41) is 4.60. The van der Waals surface area contributed by atoms with Gasteiger partial charge in [-0.05, 0) is 45.1 Å². The Kier molecular flexibility index (Phi) is 6.01. The summed E-state index contributed by atoms with van der Waals surface area (Å²) in [6.07, 6.45) is 6.90. The predicted octanol–water partition coefficient (Wildman–Crippen LogP) is 1.80. The molecular formula is C15H28N4O. The molecule has 0 saturated carbocycles. The molecule has 0 spiro atoms. The van der Waals surface area contributed by atoms with E-state index in [4.69, 9.17) is 10.6 Å². The molecular weight excluding hydrogens is 252 g/mol. The monoisotopic (exact) mass is 280 g/mol. The number of hydrogen-bond acceptors (Lipinski definition) is 4. The van der Waals surface area contributed by atoms with Gasteiger partial charge in [0.05, 0.1) is 11.8 Å². The van der Waals surface area contributed by atoms with Gasteiger partial charge in [0.1, 0.15) is 0 Å². The minimum Gasteiger partial charge on any atom is -0.378 e. The molecule has 0 amide bonds. The first-order chi connectivity index (χ1) is 9.76. The third-order valence-electron chi connectivity index (χ3n) is 4.13. The van der Waals surface area contributed by atoms with Crippen LogP contribution < -0.4 is 11.3 Å². The van der Waals surface area contributed by atoms with Gasteiger partial charge in [0, 0.05) is 31.3 Å². The van der Waals surface area contributed by atoms with E-state index in [-0.39, 0.29) is 0 Å². The number of nitrogens with two attached hydrogens (primary N) is 1. The van der Waals surface area contributed by atoms with Gasteiger partial charge >= 0.3 is 0 Å². The number of aromatic nitrogens is 2. The Morgan fingerprint density at radius 3 is 3.00 bits per heavy atom. The highest BCUT2D eigenvalue weighted by atomic mass is 16.5. The summed E-state index contributed by atoms with van der Waals surface area (Å²) >= 11 is 0. The second-order valence-electron chi connectivity index (χ2n) is 5.58. The van der Waals surface area contributed by atoms with Crippen LogP contribution in [0.15, 0.2) is 6.07 Å². The Hall–Kier alpha value is -0.910. The number of nitrogens with one attached hydrogen (secondary N) is 1. The minimum absolute atomic E-state index is 0.297. The first-order valence-corrected chi connectivity index (χ1v) is 7.90. The van der Waals surface area contributed by atoms with Crippen molar-refractivity contribution in [2.24, 2.45) is 5.84 Å². The molecule has 2 unspecified atom stereocenters. The van der Waals surface area contributed by atoms with Crippen LogP contribution in [-0.2, 0) is 24.1 Å². The highest BCUT2D eigenvalue weighted by molar-refractivity contribution is 5.12. The zero-order valence-electron chi connectivity index (χ0n) is 12.8. The van der Waals surface area contributed by atoms with Gasteiger partial charge in [-0.2, -0.15) is 5.10 Å². The van der Waals surface area contributed by atoms with E-state index in [1.165, 1.54) is 18.5 Å². The summed E-state index contributed by atoms with van der Waals surface area (Å²) in [7, 11) is 0. The van der Waals surface area contributed by atoms with Gasteiger partial charge in [-0.15, -0.1) is 0 Å². The van der Waals surface area contributed by atoms with Crippen LogP contribution in [0.4, 0.5) is 0 Å². The zero-order chi connectivity index (χ0) is 14.4. The molecule has 1 fully saturated rings. The first kappa shape index (κ1) is 15.5. The molecule has 2 heterocycles. The van der Waals surface area contributed by atoms with Gasteiger partial charge in [-0.1, -0.05) is 6.92 Å². The maximum atomic E-state index is 5.72. The SMILES string of the molecule is CCc1cc(CC(CCC2CCCO2)NN)n(CC)n1. The van der Waals surface area contributed by atoms with E-state index in [9.17, 15) is 0 Å². The minimum atomic E-state index is 0.297. The number of rotatable bonds is 8. The van der Waals surface area contributed by atoms with Crippen molar-refractivity contribution in [2.75, 3.05) is 6.61 Å². The molecule has 1 aromatic rings. The zero-order valence-corrected chi connectivity index (χ0v) is 12.8. The van der Waals surface area contributed by atoms with Crippen molar-refractivity contribution in [3.05, 3.63) is 17.5 Å². The van der Waals surface area contributed by atoms with E-state index in [0.29, 0.717) is 12.1 Å². The number of nitrogens with zero attached hydrogens (tertiary/aromatic N) is 2. The number of hydrogen-bond donors (Lipinski definition) is 2. The molecule has 1 aliphatic heterocycles. The van der Waals surface area contributed by atoms with Crippen molar-refractivity contribution in [1.82, 2.24) is 15.2 Å². The van der Waals surface area contributed by atoms with Crippen LogP contribution in [0.1, 0.15) is 50.9 Å². The molecule has 114 valence electrons. The van der Waals surface area contributed by atoms with Crippen molar-refractivity contribution in [3.8, 4) is 0 Å². The lowest BCUT2D eigenvalue weighted by molar-refractivity contribution is 0.0995. The quantitative estimate of drug-likeness (QED) is 0.563. The molecule has 0 radical (unpaired) electrons. The Balaban J connectivity index is 1.89. The number of aryl methyl sites for hydroxylation is 2. The predicted molar refractivity (Wildman–Crippen MR) is 80.3 cm³/mol. The van der Waals surface area contributed by atoms with Crippen LogP contribution in [0.3, 0.4) is 0 Å². The molecule has 5 nitrogen and oxygen atoms in total. The fourth-order valence-corrected chi connectivity index (χ4v) is 2.88. The third-order valence-corrected chi connectivity index (χ3v) is 4.13. The average molecular weight is 280 g/mol. The lowest BCUT2D eigenvalue weighted by Gasteiger charge is -2.18. The Bertz CT molecular complexity index is 399. The summed E-state index contributed by atoms with van der Waals surface area (Å²) < 4.78 is 7.77. The normalized spacial score (nSPS) is 20.4. The van der Waals surface area contributed by atoms with Gasteiger partial charge in [0.15, 0.2) is 0 Å². The topological polar surface area (TPSA) is 65.1 Å². The summed E-state index contributed by atoms with van der Waals surface area (Å²) in [6, 6.07) is 2.51. The summed E-state index contributed by atoms with van der Waals surface area (Å²) in [6.45, 7) is 6.11. The summed E-state index contributed by atoms with van der Waals surface area (Å²) in [5.41, 5.74) is 5.40. The van der Waals surface area contributed by atoms with E-state index in [2.05, 4.69) is 35.1 Å². The highest BCUT2D eigenvalue weighted by Gasteiger charge is 2.19. The molecule has 1 aromatic heterocycles. The molecule has 2 rings (SSSR count). The Labute approximate surface area is 121 Å². The van der Waals surface area contributed by atoms with Crippen molar-refractivity contribution >= 4 is 0 Å².